The third-order valence-electron chi connectivity index (χ3n) is 5.62. The van der Waals surface area contributed by atoms with E-state index in [1.165, 1.54) is 11.0 Å². The minimum Gasteiger partial charge on any atom is -0.449 e. The molecule has 1 saturated heterocycles. The highest BCUT2D eigenvalue weighted by molar-refractivity contribution is 7.12. The van der Waals surface area contributed by atoms with E-state index < -0.39 is 36.0 Å². The standard InChI is InChI=1S/C23H20F3N3O4S/c24-23(25,26)15-7-4-8-16(11-15)29-18(14-5-2-1-3-6-14)12-28(21(27)30)13-19(29)17-9-10-34-20(17)33-22(31)32/h1-11,18-19H,12-13H2,(H2,27,30)(H,31,32). The molecule has 1 aliphatic rings. The maximum atomic E-state index is 13.5. The lowest BCUT2D eigenvalue weighted by molar-refractivity contribution is -0.137. The second-order valence-corrected chi connectivity index (χ2v) is 8.55. The van der Waals surface area contributed by atoms with Gasteiger partial charge in [0.25, 0.3) is 0 Å². The number of hydrogen-bond donors (Lipinski definition) is 2. The molecular formula is C23H20F3N3O4S. The Kier molecular flexibility index (Phi) is 6.38. The van der Waals surface area contributed by atoms with Crippen LogP contribution < -0.4 is 15.4 Å². The molecule has 0 aliphatic carbocycles. The smallest absolute Gasteiger partial charge is 0.449 e. The first-order valence-corrected chi connectivity index (χ1v) is 11.1. The number of hydrogen-bond acceptors (Lipinski definition) is 5. The van der Waals surface area contributed by atoms with Crippen molar-refractivity contribution in [2.75, 3.05) is 18.0 Å². The van der Waals surface area contributed by atoms with Crippen LogP contribution in [0.1, 0.15) is 28.8 Å². The van der Waals surface area contributed by atoms with Gasteiger partial charge in [0, 0.05) is 24.3 Å². The van der Waals surface area contributed by atoms with E-state index in [1.54, 1.807) is 34.5 Å². The predicted molar refractivity (Wildman–Crippen MR) is 120 cm³/mol. The van der Waals surface area contributed by atoms with E-state index in [0.717, 1.165) is 29.0 Å². The van der Waals surface area contributed by atoms with Gasteiger partial charge in [-0.1, -0.05) is 36.4 Å². The molecule has 4 rings (SSSR count). The average molecular weight is 491 g/mol. The van der Waals surface area contributed by atoms with Crippen LogP contribution in [0.3, 0.4) is 0 Å². The highest BCUT2D eigenvalue weighted by Crippen LogP contribution is 2.45. The molecule has 2 amide bonds. The number of piperazine rings is 1. The average Bonchev–Trinajstić information content (AvgIpc) is 3.25. The number of ether oxygens (including phenoxy) is 1. The summed E-state index contributed by atoms with van der Waals surface area (Å²) in [6.07, 6.45) is -6.07. The molecule has 1 aliphatic heterocycles. The number of anilines is 1. The van der Waals surface area contributed by atoms with Crippen LogP contribution in [0.4, 0.5) is 28.4 Å². The Morgan fingerprint density at radius 2 is 1.74 bits per heavy atom. The highest BCUT2D eigenvalue weighted by atomic mass is 32.1. The molecule has 0 saturated carbocycles. The number of nitrogens with two attached hydrogens (primary N) is 1. The van der Waals surface area contributed by atoms with Crippen molar-refractivity contribution in [3.63, 3.8) is 0 Å². The van der Waals surface area contributed by atoms with Crippen molar-refractivity contribution in [2.45, 2.75) is 18.3 Å². The van der Waals surface area contributed by atoms with Gasteiger partial charge in [0.2, 0.25) is 0 Å². The van der Waals surface area contributed by atoms with Crippen LogP contribution in [0.15, 0.2) is 66.0 Å². The van der Waals surface area contributed by atoms with Gasteiger partial charge in [-0.3, -0.25) is 0 Å². The fourth-order valence-electron chi connectivity index (χ4n) is 4.17. The zero-order valence-corrected chi connectivity index (χ0v) is 18.4. The number of carboxylic acid groups (broad SMARTS) is 1. The molecule has 0 spiro atoms. The fraction of sp³-hybridized carbons (Fsp3) is 0.217. The van der Waals surface area contributed by atoms with Gasteiger partial charge in [-0.05, 0) is 35.2 Å². The van der Waals surface area contributed by atoms with Crippen LogP contribution in [0.5, 0.6) is 5.06 Å². The number of alkyl halides is 3. The summed E-state index contributed by atoms with van der Waals surface area (Å²) in [6, 6.07) is 13.6. The zero-order valence-electron chi connectivity index (χ0n) is 17.6. The van der Waals surface area contributed by atoms with Crippen molar-refractivity contribution in [1.29, 1.82) is 0 Å². The normalized spacial score (nSPS) is 18.6. The van der Waals surface area contributed by atoms with Crippen LogP contribution in [-0.2, 0) is 6.18 Å². The van der Waals surface area contributed by atoms with Gasteiger partial charge in [0.05, 0.1) is 17.6 Å². The van der Waals surface area contributed by atoms with Crippen molar-refractivity contribution >= 4 is 29.2 Å². The maximum absolute atomic E-state index is 13.5. The van der Waals surface area contributed by atoms with Gasteiger partial charge in [0.15, 0.2) is 5.06 Å². The Balaban J connectivity index is 1.90. The molecule has 11 heteroatoms. The van der Waals surface area contributed by atoms with Crippen LogP contribution >= 0.6 is 11.3 Å². The first-order chi connectivity index (χ1) is 16.1. The Morgan fingerprint density at radius 3 is 2.38 bits per heavy atom. The summed E-state index contributed by atoms with van der Waals surface area (Å²) in [5.74, 6) is 0. The third-order valence-corrected chi connectivity index (χ3v) is 6.43. The van der Waals surface area contributed by atoms with Gasteiger partial charge in [-0.15, -0.1) is 11.3 Å². The minimum atomic E-state index is -4.55. The lowest BCUT2D eigenvalue weighted by Gasteiger charge is -2.48. The van der Waals surface area contributed by atoms with Gasteiger partial charge in [-0.2, -0.15) is 13.2 Å². The summed E-state index contributed by atoms with van der Waals surface area (Å²) in [6.45, 7) is 0.160. The molecule has 0 bridgehead atoms. The molecule has 2 atom stereocenters. The number of thiophene rings is 1. The van der Waals surface area contributed by atoms with Crippen molar-refractivity contribution in [3.05, 3.63) is 82.7 Å². The van der Waals surface area contributed by atoms with Gasteiger partial charge < -0.3 is 25.4 Å². The predicted octanol–water partition coefficient (Wildman–Crippen LogP) is 5.51. The van der Waals surface area contributed by atoms with Gasteiger partial charge in [0.1, 0.15) is 0 Å². The summed E-state index contributed by atoms with van der Waals surface area (Å²) in [7, 11) is 0. The highest BCUT2D eigenvalue weighted by Gasteiger charge is 2.40. The van der Waals surface area contributed by atoms with Crippen LogP contribution in [0, 0.1) is 0 Å². The molecule has 0 radical (unpaired) electrons. The molecule has 2 aromatic carbocycles. The first-order valence-electron chi connectivity index (χ1n) is 10.2. The number of halogens is 3. The first kappa shape index (κ1) is 23.4. The molecular weight excluding hydrogens is 471 g/mol. The SMILES string of the molecule is NC(=O)N1CC(c2ccccc2)N(c2cccc(C(F)(F)F)c2)C(c2ccsc2OC(=O)O)C1. The summed E-state index contributed by atoms with van der Waals surface area (Å²) < 4.78 is 45.5. The zero-order chi connectivity index (χ0) is 24.5. The van der Waals surface area contributed by atoms with Crippen molar-refractivity contribution < 1.29 is 32.6 Å². The number of carbonyl (C=O) groups is 2. The van der Waals surface area contributed by atoms with Gasteiger partial charge >= 0.3 is 18.4 Å². The van der Waals surface area contributed by atoms with E-state index in [4.69, 9.17) is 15.6 Å². The lowest BCUT2D eigenvalue weighted by atomic mass is 9.94. The number of benzene rings is 2. The molecule has 178 valence electrons. The van der Waals surface area contributed by atoms with E-state index in [1.807, 2.05) is 18.2 Å². The Bertz CT molecular complexity index is 1190. The second kappa shape index (κ2) is 9.26. The number of carbonyl (C=O) groups excluding carboxylic acids is 1. The van der Waals surface area contributed by atoms with E-state index in [2.05, 4.69) is 0 Å². The number of rotatable bonds is 4. The fourth-order valence-corrected chi connectivity index (χ4v) is 4.97. The summed E-state index contributed by atoms with van der Waals surface area (Å²) in [5, 5.41) is 10.8. The van der Waals surface area contributed by atoms with E-state index >= 15 is 0 Å². The summed E-state index contributed by atoms with van der Waals surface area (Å²) >= 11 is 1.04. The monoisotopic (exact) mass is 491 g/mol. The molecule has 2 unspecified atom stereocenters. The largest absolute Gasteiger partial charge is 0.512 e. The Labute approximate surface area is 196 Å². The molecule has 7 nitrogen and oxygen atoms in total. The van der Waals surface area contributed by atoms with Crippen LogP contribution in [-0.4, -0.2) is 35.3 Å². The lowest BCUT2D eigenvalue weighted by Crippen LogP contribution is -2.53. The topological polar surface area (TPSA) is 96.1 Å². The second-order valence-electron chi connectivity index (χ2n) is 7.67. The number of primary amides is 1. The Hall–Kier alpha value is -3.73. The minimum absolute atomic E-state index is 0.0294. The van der Waals surface area contributed by atoms with Crippen molar-refractivity contribution in [3.8, 4) is 5.06 Å². The molecule has 3 aromatic rings. The molecule has 3 N–H and O–H groups in total. The molecule has 34 heavy (non-hydrogen) atoms. The number of amides is 2. The van der Waals surface area contributed by atoms with Crippen molar-refractivity contribution in [2.24, 2.45) is 5.73 Å². The van der Waals surface area contributed by atoms with E-state index in [9.17, 15) is 22.8 Å². The molecule has 1 aromatic heterocycles. The van der Waals surface area contributed by atoms with Crippen LogP contribution in [0.25, 0.3) is 0 Å². The Morgan fingerprint density at radius 1 is 1.03 bits per heavy atom. The third kappa shape index (κ3) is 4.79. The molecule has 1 fully saturated rings. The maximum Gasteiger partial charge on any atom is 0.512 e. The summed E-state index contributed by atoms with van der Waals surface area (Å²) in [4.78, 5) is 26.6. The quantitative estimate of drug-likeness (QED) is 0.470. The summed E-state index contributed by atoms with van der Waals surface area (Å²) in [5.41, 5.74) is 6.24. The van der Waals surface area contributed by atoms with Crippen LogP contribution in [0.2, 0.25) is 0 Å². The molecule has 2 heterocycles. The number of urea groups is 1. The van der Waals surface area contributed by atoms with Crippen molar-refractivity contribution in [1.82, 2.24) is 4.90 Å². The number of nitrogens with zero attached hydrogens (tertiary/aromatic N) is 2. The van der Waals surface area contributed by atoms with E-state index in [0.29, 0.717) is 5.56 Å². The van der Waals surface area contributed by atoms with E-state index in [-0.39, 0.29) is 23.8 Å². The van der Waals surface area contributed by atoms with Gasteiger partial charge in [-0.25, -0.2) is 9.59 Å².